The maximum absolute atomic E-state index is 9.44. The van der Waals surface area contributed by atoms with E-state index in [2.05, 4.69) is 21.7 Å². The number of aromatic nitrogens is 3. The second-order valence-corrected chi connectivity index (χ2v) is 5.63. The minimum atomic E-state index is 0.0435. The minimum Gasteiger partial charge on any atom is -0.394 e. The molecule has 0 saturated heterocycles. The fourth-order valence-electron chi connectivity index (χ4n) is 2.00. The summed E-state index contributed by atoms with van der Waals surface area (Å²) in [6, 6.07) is 3.96. The number of rotatable bonds is 6. The van der Waals surface area contributed by atoms with Crippen LogP contribution < -0.4 is 5.32 Å². The van der Waals surface area contributed by atoms with Crippen LogP contribution in [0.15, 0.2) is 12.1 Å². The van der Waals surface area contributed by atoms with Crippen LogP contribution in [0.25, 0.3) is 5.65 Å². The van der Waals surface area contributed by atoms with Crippen LogP contribution in [0.2, 0.25) is 0 Å². The molecule has 2 aromatic heterocycles. The molecule has 2 rings (SSSR count). The molecule has 0 radical (unpaired) electrons. The number of hydrogen-bond acceptors (Lipinski definition) is 5. The normalized spacial score (nSPS) is 12.8. The summed E-state index contributed by atoms with van der Waals surface area (Å²) in [5.41, 5.74) is 2.71. The topological polar surface area (TPSA) is 62.5 Å². The molecule has 0 amide bonds. The molecule has 0 aliphatic rings. The fraction of sp³-hybridized carbons (Fsp3) is 0.538. The smallest absolute Gasteiger partial charge is 0.157 e. The van der Waals surface area contributed by atoms with Crippen molar-refractivity contribution in [2.45, 2.75) is 26.3 Å². The monoisotopic (exact) mass is 280 g/mol. The predicted octanol–water partition coefficient (Wildman–Crippen LogP) is 1.87. The summed E-state index contributed by atoms with van der Waals surface area (Å²) < 4.78 is 1.80. The lowest BCUT2D eigenvalue weighted by Crippen LogP contribution is -2.26. The Kier molecular flexibility index (Phi) is 4.66. The van der Waals surface area contributed by atoms with Gasteiger partial charge in [0.2, 0.25) is 0 Å². The number of hydrogen-bond donors (Lipinski definition) is 2. The highest BCUT2D eigenvalue weighted by molar-refractivity contribution is 7.98. The van der Waals surface area contributed by atoms with Crippen molar-refractivity contribution in [1.82, 2.24) is 14.6 Å². The molecule has 2 N–H and O–H groups in total. The minimum absolute atomic E-state index is 0.0435. The molecular weight excluding hydrogens is 260 g/mol. The SMILES string of the molecule is CSCC[C@@H](CO)Nc1cc(C)nc2cc(C)nn12. The number of aliphatic hydroxyl groups excluding tert-OH is 1. The zero-order valence-corrected chi connectivity index (χ0v) is 12.4. The largest absolute Gasteiger partial charge is 0.394 e. The Morgan fingerprint density at radius 3 is 2.84 bits per heavy atom. The lowest BCUT2D eigenvalue weighted by atomic mass is 10.2. The summed E-state index contributed by atoms with van der Waals surface area (Å²) in [5.74, 6) is 1.90. The molecule has 0 aliphatic carbocycles. The van der Waals surface area contributed by atoms with Crippen LogP contribution in [0, 0.1) is 13.8 Å². The average Bonchev–Trinajstić information content (AvgIpc) is 2.74. The Balaban J connectivity index is 2.27. The maximum atomic E-state index is 9.44. The van der Waals surface area contributed by atoms with Crippen molar-refractivity contribution in [1.29, 1.82) is 0 Å². The van der Waals surface area contributed by atoms with E-state index >= 15 is 0 Å². The van der Waals surface area contributed by atoms with Crippen molar-refractivity contribution in [3.8, 4) is 0 Å². The van der Waals surface area contributed by atoms with E-state index in [1.165, 1.54) is 0 Å². The zero-order valence-electron chi connectivity index (χ0n) is 11.6. The summed E-state index contributed by atoms with van der Waals surface area (Å²) in [5, 5.41) is 17.2. The van der Waals surface area contributed by atoms with Crippen LogP contribution in [0.3, 0.4) is 0 Å². The van der Waals surface area contributed by atoms with Gasteiger partial charge in [0.05, 0.1) is 18.3 Å². The number of thioether (sulfide) groups is 1. The lowest BCUT2D eigenvalue weighted by Gasteiger charge is -2.18. The van der Waals surface area contributed by atoms with E-state index in [9.17, 15) is 5.11 Å². The van der Waals surface area contributed by atoms with Gasteiger partial charge >= 0.3 is 0 Å². The first-order valence-corrected chi connectivity index (χ1v) is 7.73. The highest BCUT2D eigenvalue weighted by atomic mass is 32.2. The zero-order chi connectivity index (χ0) is 13.8. The first-order chi connectivity index (χ1) is 9.13. The number of aryl methyl sites for hydroxylation is 2. The number of aliphatic hydroxyl groups is 1. The fourth-order valence-corrected chi connectivity index (χ4v) is 2.52. The van der Waals surface area contributed by atoms with Gasteiger partial charge in [0, 0.05) is 17.8 Å². The van der Waals surface area contributed by atoms with Crippen molar-refractivity contribution in [3.63, 3.8) is 0 Å². The number of nitrogens with zero attached hydrogens (tertiary/aromatic N) is 3. The van der Waals surface area contributed by atoms with E-state index in [4.69, 9.17) is 0 Å². The van der Waals surface area contributed by atoms with Gasteiger partial charge in [-0.05, 0) is 32.3 Å². The Labute approximate surface area is 117 Å². The molecule has 104 valence electrons. The van der Waals surface area contributed by atoms with Crippen molar-refractivity contribution >= 4 is 23.2 Å². The second-order valence-electron chi connectivity index (χ2n) is 4.64. The van der Waals surface area contributed by atoms with Gasteiger partial charge in [-0.25, -0.2) is 4.98 Å². The van der Waals surface area contributed by atoms with E-state index in [0.29, 0.717) is 0 Å². The third-order valence-corrected chi connectivity index (χ3v) is 3.56. The van der Waals surface area contributed by atoms with Crippen molar-refractivity contribution < 1.29 is 5.11 Å². The molecule has 5 nitrogen and oxygen atoms in total. The van der Waals surface area contributed by atoms with Crippen LogP contribution in [0.4, 0.5) is 5.82 Å². The van der Waals surface area contributed by atoms with Crippen LogP contribution in [0.5, 0.6) is 0 Å². The Morgan fingerprint density at radius 2 is 2.16 bits per heavy atom. The van der Waals surface area contributed by atoms with Gasteiger partial charge in [0.15, 0.2) is 5.65 Å². The third kappa shape index (κ3) is 3.39. The molecule has 0 saturated carbocycles. The highest BCUT2D eigenvalue weighted by Crippen LogP contribution is 2.15. The Morgan fingerprint density at radius 1 is 1.37 bits per heavy atom. The molecule has 2 heterocycles. The highest BCUT2D eigenvalue weighted by Gasteiger charge is 2.11. The molecule has 0 aliphatic heterocycles. The Bertz CT molecular complexity index is 555. The maximum Gasteiger partial charge on any atom is 0.157 e. The number of fused-ring (bicyclic) bond motifs is 1. The van der Waals surface area contributed by atoms with Crippen LogP contribution in [-0.2, 0) is 0 Å². The first kappa shape index (κ1) is 14.1. The molecule has 0 fully saturated rings. The van der Waals surface area contributed by atoms with E-state index in [1.807, 2.05) is 26.0 Å². The van der Waals surface area contributed by atoms with Crippen LogP contribution >= 0.6 is 11.8 Å². The van der Waals surface area contributed by atoms with Crippen LogP contribution in [-0.4, -0.2) is 44.4 Å². The quantitative estimate of drug-likeness (QED) is 0.846. The molecule has 0 aromatic carbocycles. The van der Waals surface area contributed by atoms with E-state index in [-0.39, 0.29) is 12.6 Å². The molecule has 1 atom stereocenters. The first-order valence-electron chi connectivity index (χ1n) is 6.34. The van der Waals surface area contributed by atoms with Crippen LogP contribution in [0.1, 0.15) is 17.8 Å². The lowest BCUT2D eigenvalue weighted by molar-refractivity contribution is 0.272. The number of anilines is 1. The molecule has 6 heteroatoms. The van der Waals surface area contributed by atoms with Crippen molar-refractivity contribution in [3.05, 3.63) is 23.5 Å². The van der Waals surface area contributed by atoms with Crippen molar-refractivity contribution in [2.24, 2.45) is 0 Å². The second kappa shape index (κ2) is 6.25. The van der Waals surface area contributed by atoms with Gasteiger partial charge in [-0.2, -0.15) is 21.4 Å². The van der Waals surface area contributed by atoms with Crippen molar-refractivity contribution in [2.75, 3.05) is 23.9 Å². The van der Waals surface area contributed by atoms with Gasteiger partial charge < -0.3 is 10.4 Å². The summed E-state index contributed by atoms with van der Waals surface area (Å²) in [4.78, 5) is 4.45. The summed E-state index contributed by atoms with van der Waals surface area (Å²) in [6.07, 6.45) is 2.99. The van der Waals surface area contributed by atoms with E-state index in [0.717, 1.165) is 35.0 Å². The third-order valence-electron chi connectivity index (χ3n) is 2.92. The molecule has 2 aromatic rings. The molecule has 19 heavy (non-hydrogen) atoms. The van der Waals surface area contributed by atoms with E-state index in [1.54, 1.807) is 16.3 Å². The van der Waals surface area contributed by atoms with Gasteiger partial charge in [-0.1, -0.05) is 0 Å². The average molecular weight is 280 g/mol. The standard InChI is InChI=1S/C13H20N4OS/c1-9-6-13(15-11(8-18)4-5-19-3)17-12(14-9)7-10(2)16-17/h6-7,11,15,18H,4-5,8H2,1-3H3/t11-/m0/s1. The summed E-state index contributed by atoms with van der Waals surface area (Å²) >= 11 is 1.78. The predicted molar refractivity (Wildman–Crippen MR) is 80.0 cm³/mol. The van der Waals surface area contributed by atoms with Gasteiger partial charge in [0.25, 0.3) is 0 Å². The summed E-state index contributed by atoms with van der Waals surface area (Å²) in [7, 11) is 0. The molecule has 0 unspecified atom stereocenters. The Hall–Kier alpha value is -1.27. The summed E-state index contributed by atoms with van der Waals surface area (Å²) in [6.45, 7) is 4.03. The number of nitrogens with one attached hydrogen (secondary N) is 1. The molecular formula is C13H20N4OS. The molecule has 0 spiro atoms. The van der Waals surface area contributed by atoms with E-state index < -0.39 is 0 Å². The van der Waals surface area contributed by atoms with Gasteiger partial charge in [0.1, 0.15) is 5.82 Å². The van der Waals surface area contributed by atoms with Gasteiger partial charge in [-0.3, -0.25) is 0 Å². The van der Waals surface area contributed by atoms with Gasteiger partial charge in [-0.15, -0.1) is 0 Å². The molecule has 0 bridgehead atoms.